The van der Waals surface area contributed by atoms with Crippen molar-refractivity contribution in [1.82, 2.24) is 9.03 Å². The molecule has 0 atom stereocenters. The maximum atomic E-state index is 12.5. The number of sulfonamides is 2. The number of halogens is 2. The summed E-state index contributed by atoms with van der Waals surface area (Å²) in [7, 11) is -7.65. The first-order valence-electron chi connectivity index (χ1n) is 8.95. The van der Waals surface area contributed by atoms with Crippen LogP contribution in [0.5, 0.6) is 0 Å². The van der Waals surface area contributed by atoms with Crippen LogP contribution in [0.15, 0.2) is 52.3 Å². The topological polar surface area (TPSA) is 113 Å². The number of carbonyl (C=O) groups excluding carboxylic acids is 1. The van der Waals surface area contributed by atoms with E-state index in [2.05, 4.69) is 10.0 Å². The molecular formula is C18H19Cl2N3O5S2. The summed E-state index contributed by atoms with van der Waals surface area (Å²) in [6.07, 6.45) is 1.67. The standard InChI is InChI=1S/C18H19Cl2N3O5S2/c19-15-4-3-5-16(20)18(15)29(25,26)21-12-17(24)22-13-6-8-14(9-7-13)30(27,28)23-10-1-2-11-23/h3-9,21H,1-2,10-12H2,(H,22,24). The number of nitrogens with one attached hydrogen (secondary N) is 2. The predicted molar refractivity (Wildman–Crippen MR) is 115 cm³/mol. The molecule has 0 aliphatic carbocycles. The molecule has 162 valence electrons. The molecule has 2 aromatic rings. The van der Waals surface area contributed by atoms with E-state index in [1.807, 2.05) is 0 Å². The Morgan fingerprint density at radius 1 is 0.933 bits per heavy atom. The Hall–Kier alpha value is -1.69. The summed E-state index contributed by atoms with van der Waals surface area (Å²) in [6.45, 7) is 0.435. The molecule has 8 nitrogen and oxygen atoms in total. The Morgan fingerprint density at radius 3 is 2.07 bits per heavy atom. The maximum absolute atomic E-state index is 12.5. The van der Waals surface area contributed by atoms with Gasteiger partial charge in [0.25, 0.3) is 0 Å². The van der Waals surface area contributed by atoms with Crippen LogP contribution in [0.25, 0.3) is 0 Å². The van der Waals surface area contributed by atoms with Crippen molar-refractivity contribution in [2.24, 2.45) is 0 Å². The smallest absolute Gasteiger partial charge is 0.244 e. The molecule has 1 heterocycles. The number of carbonyl (C=O) groups is 1. The molecule has 1 amide bonds. The van der Waals surface area contributed by atoms with Crippen molar-refractivity contribution in [3.05, 3.63) is 52.5 Å². The first-order valence-corrected chi connectivity index (χ1v) is 12.6. The van der Waals surface area contributed by atoms with Gasteiger partial charge in [-0.15, -0.1) is 0 Å². The fourth-order valence-electron chi connectivity index (χ4n) is 2.96. The van der Waals surface area contributed by atoms with Crippen molar-refractivity contribution in [2.45, 2.75) is 22.6 Å². The van der Waals surface area contributed by atoms with E-state index in [0.717, 1.165) is 12.8 Å². The van der Waals surface area contributed by atoms with Crippen LogP contribution < -0.4 is 10.0 Å². The Kier molecular flexibility index (Phi) is 7.05. The molecule has 0 unspecified atom stereocenters. The molecule has 1 fully saturated rings. The molecule has 0 spiro atoms. The largest absolute Gasteiger partial charge is 0.325 e. The molecule has 2 aromatic carbocycles. The third-order valence-electron chi connectivity index (χ3n) is 4.45. The highest BCUT2D eigenvalue weighted by atomic mass is 35.5. The van der Waals surface area contributed by atoms with Crippen molar-refractivity contribution in [3.8, 4) is 0 Å². The first kappa shape index (κ1) is 23.0. The van der Waals surface area contributed by atoms with Crippen molar-refractivity contribution >= 4 is 54.8 Å². The summed E-state index contributed by atoms with van der Waals surface area (Å²) in [5.74, 6) is -0.642. The van der Waals surface area contributed by atoms with Gasteiger partial charge in [0, 0.05) is 18.8 Å². The van der Waals surface area contributed by atoms with Gasteiger partial charge in [-0.2, -0.15) is 4.31 Å². The normalized spacial score (nSPS) is 15.3. The van der Waals surface area contributed by atoms with Gasteiger partial charge in [-0.1, -0.05) is 29.3 Å². The molecule has 0 aromatic heterocycles. The molecule has 0 saturated carbocycles. The lowest BCUT2D eigenvalue weighted by molar-refractivity contribution is -0.115. The average Bonchev–Trinajstić information content (AvgIpc) is 3.22. The zero-order valence-corrected chi connectivity index (χ0v) is 18.8. The van der Waals surface area contributed by atoms with Crippen LogP contribution in [0.2, 0.25) is 10.0 Å². The van der Waals surface area contributed by atoms with Gasteiger partial charge in [-0.3, -0.25) is 4.79 Å². The Balaban J connectivity index is 1.63. The minimum absolute atomic E-state index is 0.0646. The van der Waals surface area contributed by atoms with Crippen molar-refractivity contribution in [2.75, 3.05) is 25.0 Å². The number of rotatable bonds is 7. The molecule has 30 heavy (non-hydrogen) atoms. The average molecular weight is 492 g/mol. The fourth-order valence-corrected chi connectivity index (χ4v) is 6.60. The van der Waals surface area contributed by atoms with Gasteiger partial charge in [0.05, 0.1) is 21.5 Å². The second kappa shape index (κ2) is 9.21. The molecule has 3 rings (SSSR count). The third-order valence-corrected chi connectivity index (χ3v) is 8.72. The highest BCUT2D eigenvalue weighted by Gasteiger charge is 2.27. The SMILES string of the molecule is O=C(CNS(=O)(=O)c1c(Cl)cccc1Cl)Nc1ccc(S(=O)(=O)N2CCCC2)cc1. The highest BCUT2D eigenvalue weighted by molar-refractivity contribution is 7.89. The number of hydrogen-bond donors (Lipinski definition) is 2. The summed E-state index contributed by atoms with van der Waals surface area (Å²) >= 11 is 11.8. The molecule has 12 heteroatoms. The van der Waals surface area contributed by atoms with Gasteiger partial charge in [-0.05, 0) is 49.2 Å². The van der Waals surface area contributed by atoms with Crippen LogP contribution in [0.3, 0.4) is 0 Å². The molecule has 0 radical (unpaired) electrons. The molecule has 2 N–H and O–H groups in total. The van der Waals surface area contributed by atoms with Crippen LogP contribution >= 0.6 is 23.2 Å². The molecular weight excluding hydrogens is 473 g/mol. The lowest BCUT2D eigenvalue weighted by atomic mass is 10.3. The molecule has 1 aliphatic rings. The van der Waals surface area contributed by atoms with Crippen LogP contribution in [-0.4, -0.2) is 46.7 Å². The Morgan fingerprint density at radius 2 is 1.50 bits per heavy atom. The van der Waals surface area contributed by atoms with Crippen LogP contribution in [-0.2, 0) is 24.8 Å². The fraction of sp³-hybridized carbons (Fsp3) is 0.278. The van der Waals surface area contributed by atoms with E-state index in [9.17, 15) is 21.6 Å². The number of amides is 1. The van der Waals surface area contributed by atoms with Gasteiger partial charge < -0.3 is 5.32 Å². The van der Waals surface area contributed by atoms with Crippen LogP contribution in [0, 0.1) is 0 Å². The maximum Gasteiger partial charge on any atom is 0.244 e. The number of nitrogens with zero attached hydrogens (tertiary/aromatic N) is 1. The zero-order chi connectivity index (χ0) is 21.9. The lowest BCUT2D eigenvalue weighted by Crippen LogP contribution is -2.33. The van der Waals surface area contributed by atoms with Gasteiger partial charge in [0.2, 0.25) is 26.0 Å². The summed E-state index contributed by atoms with van der Waals surface area (Å²) in [4.78, 5) is 11.9. The van der Waals surface area contributed by atoms with E-state index < -0.39 is 32.5 Å². The molecule has 1 saturated heterocycles. The summed E-state index contributed by atoms with van der Waals surface area (Å²) in [6, 6.07) is 9.94. The monoisotopic (exact) mass is 491 g/mol. The summed E-state index contributed by atoms with van der Waals surface area (Å²) in [5, 5.41) is 2.37. The predicted octanol–water partition coefficient (Wildman–Crippen LogP) is 2.69. The van der Waals surface area contributed by atoms with E-state index in [1.54, 1.807) is 0 Å². The molecule has 1 aliphatic heterocycles. The van der Waals surface area contributed by atoms with Crippen molar-refractivity contribution < 1.29 is 21.6 Å². The van der Waals surface area contributed by atoms with Gasteiger partial charge in [-0.25, -0.2) is 21.6 Å². The van der Waals surface area contributed by atoms with E-state index in [1.165, 1.54) is 46.8 Å². The zero-order valence-electron chi connectivity index (χ0n) is 15.6. The summed E-state index contributed by atoms with van der Waals surface area (Å²) < 4.78 is 53.3. The second-order valence-corrected chi connectivity index (χ2v) is 11.0. The second-order valence-electron chi connectivity index (χ2n) is 6.56. The minimum atomic E-state index is -4.10. The van der Waals surface area contributed by atoms with Crippen LogP contribution in [0.1, 0.15) is 12.8 Å². The quantitative estimate of drug-likeness (QED) is 0.617. The number of hydrogen-bond acceptors (Lipinski definition) is 5. The van der Waals surface area contributed by atoms with E-state index in [-0.39, 0.29) is 19.8 Å². The minimum Gasteiger partial charge on any atom is -0.325 e. The van der Waals surface area contributed by atoms with E-state index >= 15 is 0 Å². The lowest BCUT2D eigenvalue weighted by Gasteiger charge is -2.15. The first-order chi connectivity index (χ1) is 14.1. The van der Waals surface area contributed by atoms with E-state index in [4.69, 9.17) is 23.2 Å². The molecule has 0 bridgehead atoms. The van der Waals surface area contributed by atoms with Crippen LogP contribution in [0.4, 0.5) is 5.69 Å². The summed E-state index contributed by atoms with van der Waals surface area (Å²) in [5.41, 5.74) is 0.329. The van der Waals surface area contributed by atoms with Crippen molar-refractivity contribution in [3.63, 3.8) is 0 Å². The van der Waals surface area contributed by atoms with Crippen molar-refractivity contribution in [1.29, 1.82) is 0 Å². The van der Waals surface area contributed by atoms with E-state index in [0.29, 0.717) is 18.8 Å². The Bertz CT molecular complexity index is 1130. The third kappa shape index (κ3) is 5.13. The number of benzene rings is 2. The van der Waals surface area contributed by atoms with Gasteiger partial charge >= 0.3 is 0 Å². The Labute approximate surface area is 185 Å². The van der Waals surface area contributed by atoms with Gasteiger partial charge in [0.15, 0.2) is 0 Å². The highest BCUT2D eigenvalue weighted by Crippen LogP contribution is 2.28. The number of anilines is 1. The van der Waals surface area contributed by atoms with Gasteiger partial charge in [0.1, 0.15) is 4.90 Å².